The topological polar surface area (TPSA) is 50.7 Å². The van der Waals surface area contributed by atoms with E-state index in [-0.39, 0.29) is 6.04 Å². The number of aromatic nitrogens is 3. The predicted octanol–water partition coefficient (Wildman–Crippen LogP) is 2.97. The Kier molecular flexibility index (Phi) is 4.38. The van der Waals surface area contributed by atoms with Gasteiger partial charge in [-0.3, -0.25) is 0 Å². The van der Waals surface area contributed by atoms with Gasteiger partial charge in [0.15, 0.2) is 0 Å². The van der Waals surface area contributed by atoms with E-state index in [0.717, 1.165) is 35.2 Å². The lowest BCUT2D eigenvalue weighted by Crippen LogP contribution is -2.19. The molecule has 2 aromatic heterocycles. The lowest BCUT2D eigenvalue weighted by Gasteiger charge is -2.09. The standard InChI is InChI=1S/C13H18N4S/c1-4-6-14-9(2)12-8-18-13(17-12)11-5-7-15-10(3)16-11/h5,7-9,14H,4,6H2,1-3H3. The summed E-state index contributed by atoms with van der Waals surface area (Å²) in [5.74, 6) is 0.779. The van der Waals surface area contributed by atoms with Gasteiger partial charge >= 0.3 is 0 Å². The van der Waals surface area contributed by atoms with Crippen LogP contribution in [0.3, 0.4) is 0 Å². The molecule has 4 nitrogen and oxygen atoms in total. The molecule has 1 atom stereocenters. The van der Waals surface area contributed by atoms with Crippen molar-refractivity contribution in [2.45, 2.75) is 33.2 Å². The Hall–Kier alpha value is -1.33. The Bertz CT molecular complexity index is 509. The van der Waals surface area contributed by atoms with E-state index in [2.05, 4.69) is 39.5 Å². The Balaban J connectivity index is 2.15. The monoisotopic (exact) mass is 262 g/mol. The van der Waals surface area contributed by atoms with Crippen LogP contribution in [-0.2, 0) is 0 Å². The van der Waals surface area contributed by atoms with Gasteiger partial charge in [0, 0.05) is 17.6 Å². The summed E-state index contributed by atoms with van der Waals surface area (Å²) in [6.07, 6.45) is 2.91. The van der Waals surface area contributed by atoms with Crippen LogP contribution in [0.25, 0.3) is 10.7 Å². The minimum Gasteiger partial charge on any atom is -0.309 e. The van der Waals surface area contributed by atoms with Crippen molar-refractivity contribution in [3.05, 3.63) is 29.2 Å². The fraction of sp³-hybridized carbons (Fsp3) is 0.462. The molecule has 0 aliphatic heterocycles. The van der Waals surface area contributed by atoms with Crippen LogP contribution in [0.15, 0.2) is 17.6 Å². The van der Waals surface area contributed by atoms with Crippen LogP contribution in [0.4, 0.5) is 0 Å². The van der Waals surface area contributed by atoms with E-state index in [4.69, 9.17) is 0 Å². The second kappa shape index (κ2) is 6.02. The molecule has 0 radical (unpaired) electrons. The molecule has 0 saturated carbocycles. The average Bonchev–Trinajstić information content (AvgIpc) is 2.85. The number of rotatable bonds is 5. The largest absolute Gasteiger partial charge is 0.309 e. The molecule has 96 valence electrons. The van der Waals surface area contributed by atoms with Gasteiger partial charge in [-0.05, 0) is 32.9 Å². The molecule has 0 aliphatic carbocycles. The molecule has 1 N–H and O–H groups in total. The number of thiazole rings is 1. The highest BCUT2D eigenvalue weighted by Gasteiger charge is 2.11. The Morgan fingerprint density at radius 1 is 1.39 bits per heavy atom. The van der Waals surface area contributed by atoms with Crippen molar-refractivity contribution >= 4 is 11.3 Å². The molecule has 0 aromatic carbocycles. The van der Waals surface area contributed by atoms with Crippen molar-refractivity contribution in [3.63, 3.8) is 0 Å². The molecule has 0 aliphatic rings. The highest BCUT2D eigenvalue weighted by molar-refractivity contribution is 7.13. The van der Waals surface area contributed by atoms with Gasteiger partial charge in [-0.2, -0.15) is 0 Å². The predicted molar refractivity (Wildman–Crippen MR) is 74.6 cm³/mol. The second-order valence-electron chi connectivity index (χ2n) is 4.24. The molecule has 0 bridgehead atoms. The van der Waals surface area contributed by atoms with Crippen LogP contribution < -0.4 is 5.32 Å². The van der Waals surface area contributed by atoms with Gasteiger partial charge < -0.3 is 5.32 Å². The third kappa shape index (κ3) is 3.11. The van der Waals surface area contributed by atoms with E-state index in [1.165, 1.54) is 0 Å². The second-order valence-corrected chi connectivity index (χ2v) is 5.10. The first-order valence-electron chi connectivity index (χ1n) is 6.19. The summed E-state index contributed by atoms with van der Waals surface area (Å²) in [4.78, 5) is 13.1. The van der Waals surface area contributed by atoms with Crippen LogP contribution in [0.5, 0.6) is 0 Å². The molecule has 2 rings (SSSR count). The lowest BCUT2D eigenvalue weighted by atomic mass is 10.2. The van der Waals surface area contributed by atoms with Gasteiger partial charge in [-0.1, -0.05) is 6.92 Å². The van der Waals surface area contributed by atoms with E-state index in [9.17, 15) is 0 Å². The first-order valence-corrected chi connectivity index (χ1v) is 7.07. The SMILES string of the molecule is CCCNC(C)c1csc(-c2ccnc(C)n2)n1. The van der Waals surface area contributed by atoms with E-state index >= 15 is 0 Å². The van der Waals surface area contributed by atoms with E-state index in [0.29, 0.717) is 0 Å². The highest BCUT2D eigenvalue weighted by atomic mass is 32.1. The summed E-state index contributed by atoms with van der Waals surface area (Å²) in [5.41, 5.74) is 1.99. The Morgan fingerprint density at radius 3 is 2.94 bits per heavy atom. The third-order valence-electron chi connectivity index (χ3n) is 2.66. The van der Waals surface area contributed by atoms with Crippen molar-refractivity contribution < 1.29 is 0 Å². The average molecular weight is 262 g/mol. The van der Waals surface area contributed by atoms with Crippen LogP contribution in [0, 0.1) is 6.92 Å². The molecular weight excluding hydrogens is 244 g/mol. The fourth-order valence-corrected chi connectivity index (χ4v) is 2.53. The van der Waals surface area contributed by atoms with Gasteiger partial charge in [0.2, 0.25) is 0 Å². The van der Waals surface area contributed by atoms with Crippen molar-refractivity contribution in [3.8, 4) is 10.7 Å². The van der Waals surface area contributed by atoms with Gasteiger partial charge in [0.1, 0.15) is 16.5 Å². The molecule has 0 spiro atoms. The van der Waals surface area contributed by atoms with Crippen LogP contribution in [0.1, 0.15) is 37.8 Å². The van der Waals surface area contributed by atoms with Gasteiger partial charge in [0.05, 0.1) is 5.69 Å². The minimum atomic E-state index is 0.290. The normalized spacial score (nSPS) is 12.6. The quantitative estimate of drug-likeness (QED) is 0.900. The minimum absolute atomic E-state index is 0.290. The van der Waals surface area contributed by atoms with Crippen molar-refractivity contribution in [2.24, 2.45) is 0 Å². The highest BCUT2D eigenvalue weighted by Crippen LogP contribution is 2.24. The van der Waals surface area contributed by atoms with Gasteiger partial charge in [-0.25, -0.2) is 15.0 Å². The molecule has 2 heterocycles. The number of nitrogens with one attached hydrogen (secondary N) is 1. The zero-order valence-electron chi connectivity index (χ0n) is 11.0. The number of aryl methyl sites for hydroxylation is 1. The molecule has 5 heteroatoms. The molecule has 0 amide bonds. The van der Waals surface area contributed by atoms with Crippen LogP contribution in [-0.4, -0.2) is 21.5 Å². The van der Waals surface area contributed by atoms with Crippen molar-refractivity contribution in [2.75, 3.05) is 6.54 Å². The van der Waals surface area contributed by atoms with Gasteiger partial charge in [0.25, 0.3) is 0 Å². The first-order chi connectivity index (χ1) is 8.70. The van der Waals surface area contributed by atoms with Crippen molar-refractivity contribution in [1.29, 1.82) is 0 Å². The van der Waals surface area contributed by atoms with E-state index < -0.39 is 0 Å². The maximum Gasteiger partial charge on any atom is 0.142 e. The third-order valence-corrected chi connectivity index (χ3v) is 3.54. The van der Waals surface area contributed by atoms with Crippen LogP contribution in [0.2, 0.25) is 0 Å². The number of hydrogen-bond donors (Lipinski definition) is 1. The zero-order valence-corrected chi connectivity index (χ0v) is 11.8. The summed E-state index contributed by atoms with van der Waals surface area (Å²) >= 11 is 1.63. The Morgan fingerprint density at radius 2 is 2.22 bits per heavy atom. The lowest BCUT2D eigenvalue weighted by molar-refractivity contribution is 0.561. The van der Waals surface area contributed by atoms with Gasteiger partial charge in [-0.15, -0.1) is 11.3 Å². The fourth-order valence-electron chi connectivity index (χ4n) is 1.64. The Labute approximate surface area is 112 Å². The van der Waals surface area contributed by atoms with E-state index in [1.807, 2.05) is 13.0 Å². The number of hydrogen-bond acceptors (Lipinski definition) is 5. The summed E-state index contributed by atoms with van der Waals surface area (Å²) in [6, 6.07) is 2.19. The zero-order chi connectivity index (χ0) is 13.0. The first kappa shape index (κ1) is 13.1. The maximum absolute atomic E-state index is 4.64. The van der Waals surface area contributed by atoms with Crippen LogP contribution >= 0.6 is 11.3 Å². The molecule has 0 fully saturated rings. The summed E-state index contributed by atoms with van der Waals surface area (Å²) in [5, 5.41) is 6.49. The van der Waals surface area contributed by atoms with Crippen molar-refractivity contribution in [1.82, 2.24) is 20.3 Å². The molecular formula is C13H18N4S. The smallest absolute Gasteiger partial charge is 0.142 e. The maximum atomic E-state index is 4.64. The number of nitrogens with zero attached hydrogens (tertiary/aromatic N) is 3. The summed E-state index contributed by atoms with van der Waals surface area (Å²) in [7, 11) is 0. The summed E-state index contributed by atoms with van der Waals surface area (Å²) in [6.45, 7) is 7.21. The summed E-state index contributed by atoms with van der Waals surface area (Å²) < 4.78 is 0. The molecule has 2 aromatic rings. The molecule has 18 heavy (non-hydrogen) atoms. The molecule has 0 saturated heterocycles. The van der Waals surface area contributed by atoms with E-state index in [1.54, 1.807) is 17.5 Å². The molecule has 1 unspecified atom stereocenters.